The average Bonchev–Trinajstić information content (AvgIpc) is 2.96. The van der Waals surface area contributed by atoms with Crippen molar-refractivity contribution in [1.29, 1.82) is 0 Å². The molecule has 6 saturated carbocycles. The highest BCUT2D eigenvalue weighted by atomic mass is 16.4. The number of aliphatic hydroxyl groups excluding tert-OH is 1. The van der Waals surface area contributed by atoms with Crippen molar-refractivity contribution in [3.63, 3.8) is 0 Å². The van der Waals surface area contributed by atoms with E-state index < -0.39 is 11.4 Å². The summed E-state index contributed by atoms with van der Waals surface area (Å²) in [5.41, 5.74) is 0.403. The maximum Gasteiger partial charge on any atom is 0.312 e. The highest BCUT2D eigenvalue weighted by molar-refractivity contribution is 5.75. The second kappa shape index (κ2) is 3.98. The SMILES string of the molecule is C[C@@]12CCC[C@](CO)(C(=O)O)[C@H]1CC[C@@]13CC4[C@@H](C[C@H]12)[C@@]4(C)C3. The Morgan fingerprint density at radius 3 is 2.48 bits per heavy atom. The lowest BCUT2D eigenvalue weighted by molar-refractivity contribution is -0.196. The van der Waals surface area contributed by atoms with E-state index >= 15 is 0 Å². The first-order valence-electron chi connectivity index (χ1n) is 9.67. The van der Waals surface area contributed by atoms with Gasteiger partial charge in [0.25, 0.3) is 0 Å². The van der Waals surface area contributed by atoms with Crippen molar-refractivity contribution in [3.8, 4) is 0 Å². The summed E-state index contributed by atoms with van der Waals surface area (Å²) in [6.07, 6.45) is 9.21. The second-order valence-corrected chi connectivity index (χ2v) is 10.3. The molecule has 6 fully saturated rings. The Balaban J connectivity index is 1.56. The van der Waals surface area contributed by atoms with E-state index in [0.29, 0.717) is 23.2 Å². The Hall–Kier alpha value is -0.570. The Labute approximate surface area is 138 Å². The Morgan fingerprint density at radius 2 is 1.87 bits per heavy atom. The number of carbonyl (C=O) groups is 1. The molecule has 0 radical (unpaired) electrons. The fourth-order valence-corrected chi connectivity index (χ4v) is 8.94. The molecule has 1 spiro atoms. The van der Waals surface area contributed by atoms with Gasteiger partial charge in [-0.05, 0) is 84.9 Å². The van der Waals surface area contributed by atoms with E-state index in [1.807, 2.05) is 0 Å². The molecular weight excluding hydrogens is 288 g/mol. The summed E-state index contributed by atoms with van der Waals surface area (Å²) in [6.45, 7) is 4.73. The summed E-state index contributed by atoms with van der Waals surface area (Å²) in [5, 5.41) is 20.0. The van der Waals surface area contributed by atoms with Gasteiger partial charge in [-0.1, -0.05) is 20.3 Å². The van der Waals surface area contributed by atoms with Crippen LogP contribution in [0.15, 0.2) is 0 Å². The third-order valence-corrected chi connectivity index (χ3v) is 9.90. The van der Waals surface area contributed by atoms with Gasteiger partial charge in [-0.15, -0.1) is 0 Å². The van der Waals surface area contributed by atoms with Crippen molar-refractivity contribution in [3.05, 3.63) is 0 Å². The third-order valence-electron chi connectivity index (χ3n) is 9.90. The lowest BCUT2D eigenvalue weighted by atomic mass is 9.39. The van der Waals surface area contributed by atoms with E-state index in [9.17, 15) is 15.0 Å². The molecule has 6 aliphatic rings. The second-order valence-electron chi connectivity index (χ2n) is 10.3. The van der Waals surface area contributed by atoms with E-state index in [1.165, 1.54) is 32.1 Å². The summed E-state index contributed by atoms with van der Waals surface area (Å²) < 4.78 is 0. The van der Waals surface area contributed by atoms with Crippen molar-refractivity contribution >= 4 is 5.97 Å². The zero-order valence-corrected chi connectivity index (χ0v) is 14.5. The van der Waals surface area contributed by atoms with Gasteiger partial charge in [-0.3, -0.25) is 4.79 Å². The van der Waals surface area contributed by atoms with Gasteiger partial charge in [-0.2, -0.15) is 0 Å². The number of aliphatic carboxylic acids is 1. The van der Waals surface area contributed by atoms with E-state index in [2.05, 4.69) is 13.8 Å². The summed E-state index contributed by atoms with van der Waals surface area (Å²) in [5.74, 6) is 2.02. The molecule has 0 aliphatic heterocycles. The van der Waals surface area contributed by atoms with Crippen LogP contribution in [0.1, 0.15) is 65.2 Å². The fraction of sp³-hybridized carbons (Fsp3) is 0.950. The number of aliphatic hydroxyl groups is 1. The molecule has 0 aromatic rings. The van der Waals surface area contributed by atoms with E-state index in [1.54, 1.807) is 0 Å². The standard InChI is InChI=1S/C20H30O3/c1-17-5-3-6-20(11-21,16(22)23)14(17)4-7-19-9-13-12(8-15(17)19)18(13,2)10-19/h12-15,21H,3-11H2,1-2H3,(H,22,23)/t12-,13?,14+,15+,17-,18-,19+,20-/m1/s1. The van der Waals surface area contributed by atoms with Crippen LogP contribution in [-0.4, -0.2) is 22.8 Å². The lowest BCUT2D eigenvalue weighted by Crippen LogP contribution is -2.61. The first-order valence-corrected chi connectivity index (χ1v) is 9.67. The minimum atomic E-state index is -0.873. The maximum atomic E-state index is 12.1. The van der Waals surface area contributed by atoms with Gasteiger partial charge < -0.3 is 10.2 Å². The van der Waals surface area contributed by atoms with Crippen LogP contribution in [0.4, 0.5) is 0 Å². The molecular formula is C20H30O3. The number of hydrogen-bond donors (Lipinski definition) is 2. The predicted molar refractivity (Wildman–Crippen MR) is 86.7 cm³/mol. The van der Waals surface area contributed by atoms with Crippen molar-refractivity contribution in [1.82, 2.24) is 0 Å². The van der Waals surface area contributed by atoms with Crippen LogP contribution in [0.2, 0.25) is 0 Å². The molecule has 3 heteroatoms. The normalized spacial score (nSPS) is 62.4. The zero-order chi connectivity index (χ0) is 16.3. The highest BCUT2D eigenvalue weighted by Crippen LogP contribution is 2.85. The summed E-state index contributed by atoms with van der Waals surface area (Å²) in [4.78, 5) is 12.1. The highest BCUT2D eigenvalue weighted by Gasteiger charge is 2.78. The van der Waals surface area contributed by atoms with E-state index in [4.69, 9.17) is 0 Å². The number of fused-ring (bicyclic) bond motifs is 1. The van der Waals surface area contributed by atoms with Crippen LogP contribution in [0.3, 0.4) is 0 Å². The minimum absolute atomic E-state index is 0.131. The molecule has 0 saturated heterocycles. The van der Waals surface area contributed by atoms with Crippen LogP contribution >= 0.6 is 0 Å². The minimum Gasteiger partial charge on any atom is -0.481 e. The number of hydrogen-bond acceptors (Lipinski definition) is 2. The Kier molecular flexibility index (Phi) is 2.55. The number of rotatable bonds is 2. The molecule has 1 unspecified atom stereocenters. The van der Waals surface area contributed by atoms with Gasteiger partial charge in [0.15, 0.2) is 0 Å². The molecule has 0 heterocycles. The third kappa shape index (κ3) is 1.42. The molecule has 0 aromatic carbocycles. The summed E-state index contributed by atoms with van der Waals surface area (Å²) in [7, 11) is 0. The smallest absolute Gasteiger partial charge is 0.312 e. The monoisotopic (exact) mass is 318 g/mol. The molecule has 128 valence electrons. The van der Waals surface area contributed by atoms with Gasteiger partial charge in [-0.25, -0.2) is 0 Å². The molecule has 3 nitrogen and oxygen atoms in total. The zero-order valence-electron chi connectivity index (χ0n) is 14.5. The van der Waals surface area contributed by atoms with Crippen molar-refractivity contribution in [2.24, 2.45) is 45.3 Å². The van der Waals surface area contributed by atoms with E-state index in [-0.39, 0.29) is 17.9 Å². The molecule has 6 rings (SSSR count). The Bertz CT molecular complexity index is 587. The van der Waals surface area contributed by atoms with Gasteiger partial charge in [0, 0.05) is 0 Å². The van der Waals surface area contributed by atoms with Crippen molar-refractivity contribution in [2.75, 3.05) is 6.61 Å². The fourth-order valence-electron chi connectivity index (χ4n) is 8.94. The predicted octanol–water partition coefficient (Wildman–Crippen LogP) is 3.70. The van der Waals surface area contributed by atoms with Crippen LogP contribution < -0.4 is 0 Å². The molecule has 0 aromatic heterocycles. The van der Waals surface area contributed by atoms with Gasteiger partial charge in [0.1, 0.15) is 0 Å². The molecule has 23 heavy (non-hydrogen) atoms. The largest absolute Gasteiger partial charge is 0.481 e. The molecule has 2 N–H and O–H groups in total. The first kappa shape index (κ1) is 14.7. The molecule has 8 atom stereocenters. The quantitative estimate of drug-likeness (QED) is 0.816. The van der Waals surface area contributed by atoms with Crippen LogP contribution in [0.25, 0.3) is 0 Å². The van der Waals surface area contributed by atoms with E-state index in [0.717, 1.165) is 24.7 Å². The van der Waals surface area contributed by atoms with Crippen molar-refractivity contribution in [2.45, 2.75) is 65.2 Å². The summed E-state index contributed by atoms with van der Waals surface area (Å²) in [6, 6.07) is 0. The topological polar surface area (TPSA) is 57.5 Å². The molecule has 6 aliphatic carbocycles. The van der Waals surface area contributed by atoms with Crippen LogP contribution in [0.5, 0.6) is 0 Å². The molecule has 0 amide bonds. The first-order chi connectivity index (χ1) is 10.8. The average molecular weight is 318 g/mol. The van der Waals surface area contributed by atoms with Crippen molar-refractivity contribution < 1.29 is 15.0 Å². The lowest BCUT2D eigenvalue weighted by Gasteiger charge is -2.65. The van der Waals surface area contributed by atoms with Crippen LogP contribution in [-0.2, 0) is 4.79 Å². The van der Waals surface area contributed by atoms with Gasteiger partial charge in [0.2, 0.25) is 0 Å². The van der Waals surface area contributed by atoms with Crippen LogP contribution in [0, 0.1) is 45.3 Å². The van der Waals surface area contributed by atoms with Gasteiger partial charge >= 0.3 is 5.97 Å². The molecule has 4 bridgehead atoms. The summed E-state index contributed by atoms with van der Waals surface area (Å²) >= 11 is 0. The maximum absolute atomic E-state index is 12.1. The Morgan fingerprint density at radius 1 is 1.09 bits per heavy atom. The number of carboxylic acids is 1. The number of carboxylic acid groups (broad SMARTS) is 1. The van der Waals surface area contributed by atoms with Gasteiger partial charge in [0.05, 0.1) is 12.0 Å².